The van der Waals surface area contributed by atoms with Gasteiger partial charge in [0.1, 0.15) is 35.4 Å². The van der Waals surface area contributed by atoms with Crippen molar-refractivity contribution in [3.63, 3.8) is 0 Å². The van der Waals surface area contributed by atoms with Crippen molar-refractivity contribution in [1.29, 1.82) is 21.0 Å². The standard InChI is InChI=1S/C16H10N4O2/c1-22-16(21)5-3-12-6-11(13(7-17)8-18)2-4-15(12)14(9-19)10-20/h2,4,6H,3,5H2,1H3. The Bertz CT molecular complexity index is 855. The van der Waals surface area contributed by atoms with Gasteiger partial charge in [-0.1, -0.05) is 12.1 Å². The number of carbonyl (C=O) groups is 1. The minimum Gasteiger partial charge on any atom is -0.469 e. The molecule has 0 amide bonds. The van der Waals surface area contributed by atoms with E-state index in [-0.39, 0.29) is 24.0 Å². The van der Waals surface area contributed by atoms with Crippen molar-refractivity contribution in [2.75, 3.05) is 7.11 Å². The second-order valence-corrected chi connectivity index (χ2v) is 4.15. The number of aryl methyl sites for hydroxylation is 1. The Morgan fingerprint density at radius 3 is 2.14 bits per heavy atom. The fourth-order valence-electron chi connectivity index (χ4n) is 1.84. The number of ether oxygens (including phenoxy) is 1. The van der Waals surface area contributed by atoms with Crippen LogP contribution in [0.25, 0.3) is 11.1 Å². The molecule has 106 valence electrons. The third-order valence-electron chi connectivity index (χ3n) is 2.94. The molecule has 0 atom stereocenters. The van der Waals surface area contributed by atoms with Crippen molar-refractivity contribution in [2.45, 2.75) is 12.8 Å². The lowest BCUT2D eigenvalue weighted by molar-refractivity contribution is -0.140. The van der Waals surface area contributed by atoms with Crippen LogP contribution >= 0.6 is 0 Å². The minimum atomic E-state index is -0.434. The van der Waals surface area contributed by atoms with Crippen molar-refractivity contribution in [3.05, 3.63) is 34.2 Å². The third-order valence-corrected chi connectivity index (χ3v) is 2.94. The smallest absolute Gasteiger partial charge is 0.305 e. The van der Waals surface area contributed by atoms with Gasteiger partial charge in [-0.15, -0.1) is 0 Å². The Hall–Kier alpha value is -3.61. The fraction of sp³-hybridized carbons (Fsp3) is 0.188. The lowest BCUT2D eigenvalue weighted by Gasteiger charge is -2.03. The van der Waals surface area contributed by atoms with Gasteiger partial charge in [0.2, 0.25) is 0 Å². The summed E-state index contributed by atoms with van der Waals surface area (Å²) in [5.41, 5.74) is 0.354. The Morgan fingerprint density at radius 2 is 1.64 bits per heavy atom. The number of rotatable bonds is 3. The second kappa shape index (κ2) is 7.85. The average molecular weight is 290 g/mol. The van der Waals surface area contributed by atoms with Crippen LogP contribution in [-0.4, -0.2) is 13.1 Å². The lowest BCUT2D eigenvalue weighted by atomic mass is 10.0. The molecule has 0 saturated carbocycles. The summed E-state index contributed by atoms with van der Waals surface area (Å²) >= 11 is 0. The van der Waals surface area contributed by atoms with Crippen molar-refractivity contribution < 1.29 is 9.53 Å². The van der Waals surface area contributed by atoms with Crippen LogP contribution in [0.2, 0.25) is 0 Å². The molecule has 22 heavy (non-hydrogen) atoms. The number of methoxy groups -OCH3 is 1. The quantitative estimate of drug-likeness (QED) is 0.732. The summed E-state index contributed by atoms with van der Waals surface area (Å²) in [5, 5.41) is 36.5. The van der Waals surface area contributed by atoms with Gasteiger partial charge in [-0.25, -0.2) is 0 Å². The van der Waals surface area contributed by atoms with Gasteiger partial charge < -0.3 is 4.74 Å². The molecule has 0 bridgehead atoms. The van der Waals surface area contributed by atoms with Crippen LogP contribution in [0.3, 0.4) is 0 Å². The van der Waals surface area contributed by atoms with Crippen LogP contribution in [0.4, 0.5) is 0 Å². The molecule has 0 aromatic heterocycles. The zero-order chi connectivity index (χ0) is 16.5. The normalized spacial score (nSPS) is 8.59. The molecule has 0 spiro atoms. The average Bonchev–Trinajstić information content (AvgIpc) is 2.56. The first-order chi connectivity index (χ1) is 10.6. The van der Waals surface area contributed by atoms with Gasteiger partial charge in [-0.05, 0) is 18.1 Å². The van der Waals surface area contributed by atoms with Crippen molar-refractivity contribution in [3.8, 4) is 24.3 Å². The largest absolute Gasteiger partial charge is 0.469 e. The molecule has 0 radical (unpaired) electrons. The van der Waals surface area contributed by atoms with E-state index in [9.17, 15) is 4.79 Å². The van der Waals surface area contributed by atoms with Crippen molar-refractivity contribution in [1.82, 2.24) is 0 Å². The molecular formula is C16H10N4O2. The van der Waals surface area contributed by atoms with E-state index in [2.05, 4.69) is 4.74 Å². The van der Waals surface area contributed by atoms with Crippen LogP contribution < -0.4 is 10.4 Å². The summed E-state index contributed by atoms with van der Waals surface area (Å²) in [6.45, 7) is 0. The Kier molecular flexibility index (Phi) is 5.87. The monoisotopic (exact) mass is 290 g/mol. The number of hydrogen-bond acceptors (Lipinski definition) is 6. The summed E-state index contributed by atoms with van der Waals surface area (Å²) in [6, 6.07) is 11.7. The van der Waals surface area contributed by atoms with Gasteiger partial charge in [-0.3, -0.25) is 4.79 Å². The zero-order valence-corrected chi connectivity index (χ0v) is 11.8. The van der Waals surface area contributed by atoms with E-state index < -0.39 is 5.97 Å². The predicted molar refractivity (Wildman–Crippen MR) is 75.3 cm³/mol. The SMILES string of the molecule is COC(=O)CCc1cc(=C(C#N)C#N)ccc1=C(C#N)C#N. The highest BCUT2D eigenvalue weighted by molar-refractivity contribution is 5.75. The van der Waals surface area contributed by atoms with E-state index in [1.54, 1.807) is 24.3 Å². The van der Waals surface area contributed by atoms with Crippen LogP contribution in [0.15, 0.2) is 18.2 Å². The topological polar surface area (TPSA) is 121 Å². The van der Waals surface area contributed by atoms with E-state index in [1.807, 2.05) is 0 Å². The fourth-order valence-corrected chi connectivity index (χ4v) is 1.84. The first-order valence-electron chi connectivity index (χ1n) is 6.16. The molecule has 1 aromatic rings. The first kappa shape index (κ1) is 16.4. The maximum atomic E-state index is 11.3. The Balaban J connectivity index is 3.62. The second-order valence-electron chi connectivity index (χ2n) is 4.15. The Morgan fingerprint density at radius 1 is 1.05 bits per heavy atom. The summed E-state index contributed by atoms with van der Waals surface area (Å²) in [5.74, 6) is -0.434. The van der Waals surface area contributed by atoms with Crippen molar-refractivity contribution in [2.24, 2.45) is 0 Å². The molecule has 1 rings (SSSR count). The molecule has 0 aliphatic heterocycles. The van der Waals surface area contributed by atoms with Gasteiger partial charge in [0.25, 0.3) is 0 Å². The van der Waals surface area contributed by atoms with Crippen LogP contribution in [0, 0.1) is 45.3 Å². The van der Waals surface area contributed by atoms with Crippen LogP contribution in [0.5, 0.6) is 0 Å². The van der Waals surface area contributed by atoms with Crippen molar-refractivity contribution >= 4 is 17.1 Å². The Labute approximate surface area is 127 Å². The minimum absolute atomic E-state index is 0.0610. The summed E-state index contributed by atoms with van der Waals surface area (Å²) in [7, 11) is 1.26. The van der Waals surface area contributed by atoms with Crippen LogP contribution in [0.1, 0.15) is 12.0 Å². The maximum Gasteiger partial charge on any atom is 0.305 e. The molecule has 0 heterocycles. The van der Waals surface area contributed by atoms with E-state index in [4.69, 9.17) is 21.0 Å². The summed E-state index contributed by atoms with van der Waals surface area (Å²) in [4.78, 5) is 11.3. The van der Waals surface area contributed by atoms with Gasteiger partial charge in [0, 0.05) is 16.9 Å². The molecule has 0 unspecified atom stereocenters. The maximum absolute atomic E-state index is 11.3. The molecule has 0 saturated heterocycles. The first-order valence-corrected chi connectivity index (χ1v) is 6.16. The number of esters is 1. The molecule has 0 aliphatic carbocycles. The zero-order valence-electron chi connectivity index (χ0n) is 11.8. The van der Waals surface area contributed by atoms with Gasteiger partial charge in [-0.2, -0.15) is 21.0 Å². The molecule has 0 N–H and O–H groups in total. The highest BCUT2D eigenvalue weighted by Crippen LogP contribution is 2.00. The number of hydrogen-bond donors (Lipinski definition) is 0. The lowest BCUT2D eigenvalue weighted by Crippen LogP contribution is -2.19. The summed E-state index contributed by atoms with van der Waals surface area (Å²) in [6.07, 6.45) is 0.290. The van der Waals surface area contributed by atoms with E-state index in [0.717, 1.165) is 0 Å². The molecule has 6 heteroatoms. The number of nitrogens with zero attached hydrogens (tertiary/aromatic N) is 4. The van der Waals surface area contributed by atoms with E-state index in [0.29, 0.717) is 16.0 Å². The number of benzene rings is 1. The number of nitriles is 4. The summed E-state index contributed by atoms with van der Waals surface area (Å²) < 4.78 is 4.56. The number of carbonyl (C=O) groups excluding carboxylic acids is 1. The molecule has 0 fully saturated rings. The molecular weight excluding hydrogens is 280 g/mol. The molecule has 1 aromatic carbocycles. The van der Waals surface area contributed by atoms with Crippen LogP contribution in [-0.2, 0) is 16.0 Å². The van der Waals surface area contributed by atoms with Gasteiger partial charge in [0.15, 0.2) is 0 Å². The van der Waals surface area contributed by atoms with Gasteiger partial charge >= 0.3 is 5.97 Å². The van der Waals surface area contributed by atoms with E-state index >= 15 is 0 Å². The third kappa shape index (κ3) is 3.70. The predicted octanol–water partition coefficient (Wildman–Crippen LogP) is 0.188. The molecule has 0 aliphatic rings. The van der Waals surface area contributed by atoms with E-state index in [1.165, 1.54) is 25.3 Å². The highest BCUT2D eigenvalue weighted by Gasteiger charge is 2.07. The molecule has 6 nitrogen and oxygen atoms in total. The van der Waals surface area contributed by atoms with Gasteiger partial charge in [0.05, 0.1) is 7.11 Å². The highest BCUT2D eigenvalue weighted by atomic mass is 16.5.